The molecule has 1 aromatic heterocycles. The fourth-order valence-corrected chi connectivity index (χ4v) is 2.53. The van der Waals surface area contributed by atoms with Crippen molar-refractivity contribution >= 4 is 21.1 Å². The largest absolute Gasteiger partial charge is 0.328 e. The van der Waals surface area contributed by atoms with Crippen LogP contribution in [0.3, 0.4) is 0 Å². The summed E-state index contributed by atoms with van der Waals surface area (Å²) in [7, 11) is -3.66. The van der Waals surface area contributed by atoms with Crippen LogP contribution in [0.4, 0.5) is 0 Å². The van der Waals surface area contributed by atoms with Crippen LogP contribution in [0.25, 0.3) is 11.0 Å². The van der Waals surface area contributed by atoms with Crippen LogP contribution in [0.1, 0.15) is 25.6 Å². The zero-order valence-corrected chi connectivity index (χ0v) is 11.4. The normalized spacial score (nSPS) is 12.2. The zero-order valence-electron chi connectivity index (χ0n) is 10.5. The maximum atomic E-state index is 11.4. The minimum absolute atomic E-state index is 0.132. The highest BCUT2D eigenvalue weighted by atomic mass is 32.2. The Morgan fingerprint density at radius 2 is 2.11 bits per heavy atom. The van der Waals surface area contributed by atoms with Crippen molar-refractivity contribution in [1.29, 1.82) is 0 Å². The van der Waals surface area contributed by atoms with Crippen LogP contribution in [0.2, 0.25) is 0 Å². The topological polar surface area (TPSA) is 78.0 Å². The van der Waals surface area contributed by atoms with E-state index in [1.807, 2.05) is 11.5 Å². The summed E-state index contributed by atoms with van der Waals surface area (Å²) in [5, 5.41) is 5.15. The van der Waals surface area contributed by atoms with E-state index in [9.17, 15) is 8.42 Å². The van der Waals surface area contributed by atoms with Gasteiger partial charge in [0.1, 0.15) is 5.82 Å². The first-order valence-electron chi connectivity index (χ1n) is 5.93. The SMILES string of the molecule is CCCCn1c(C)nc2ccc(S(N)(=O)=O)cc21. The van der Waals surface area contributed by atoms with Gasteiger partial charge in [0.05, 0.1) is 15.9 Å². The van der Waals surface area contributed by atoms with Crippen molar-refractivity contribution in [3.8, 4) is 0 Å². The Kier molecular flexibility index (Phi) is 3.41. The van der Waals surface area contributed by atoms with Crippen molar-refractivity contribution in [2.45, 2.75) is 38.1 Å². The maximum absolute atomic E-state index is 11.4. The second-order valence-electron chi connectivity index (χ2n) is 4.36. The highest BCUT2D eigenvalue weighted by Gasteiger charge is 2.12. The van der Waals surface area contributed by atoms with Gasteiger partial charge in [-0.1, -0.05) is 13.3 Å². The number of unbranched alkanes of at least 4 members (excludes halogenated alkanes) is 1. The summed E-state index contributed by atoms with van der Waals surface area (Å²) in [6, 6.07) is 4.79. The molecule has 0 bridgehead atoms. The van der Waals surface area contributed by atoms with Gasteiger partial charge in [0.25, 0.3) is 0 Å². The molecular weight excluding hydrogens is 250 g/mol. The zero-order chi connectivity index (χ0) is 13.3. The van der Waals surface area contributed by atoms with E-state index in [4.69, 9.17) is 5.14 Å². The van der Waals surface area contributed by atoms with Crippen molar-refractivity contribution in [2.75, 3.05) is 0 Å². The van der Waals surface area contributed by atoms with Gasteiger partial charge in [-0.25, -0.2) is 18.5 Å². The summed E-state index contributed by atoms with van der Waals surface area (Å²) in [5.41, 5.74) is 1.63. The molecule has 1 heterocycles. The highest BCUT2D eigenvalue weighted by molar-refractivity contribution is 7.89. The molecule has 2 N–H and O–H groups in total. The number of nitrogens with zero attached hydrogens (tertiary/aromatic N) is 2. The van der Waals surface area contributed by atoms with E-state index < -0.39 is 10.0 Å². The molecule has 0 aliphatic heterocycles. The first-order chi connectivity index (χ1) is 8.43. The third kappa shape index (κ3) is 2.39. The van der Waals surface area contributed by atoms with Crippen molar-refractivity contribution in [3.63, 3.8) is 0 Å². The van der Waals surface area contributed by atoms with Crippen LogP contribution in [-0.4, -0.2) is 18.0 Å². The molecule has 1 aromatic carbocycles. The minimum Gasteiger partial charge on any atom is -0.328 e. The summed E-state index contributed by atoms with van der Waals surface area (Å²) in [6.45, 7) is 4.88. The number of hydrogen-bond acceptors (Lipinski definition) is 3. The molecule has 0 aliphatic carbocycles. The molecule has 0 saturated carbocycles. The molecule has 0 fully saturated rings. The number of hydrogen-bond donors (Lipinski definition) is 1. The lowest BCUT2D eigenvalue weighted by Crippen LogP contribution is -2.12. The Morgan fingerprint density at radius 3 is 2.72 bits per heavy atom. The van der Waals surface area contributed by atoms with E-state index in [0.29, 0.717) is 0 Å². The Balaban J connectivity index is 2.59. The Bertz CT molecular complexity index is 674. The molecule has 0 unspecified atom stereocenters. The quantitative estimate of drug-likeness (QED) is 0.917. The van der Waals surface area contributed by atoms with Gasteiger partial charge in [-0.2, -0.15) is 0 Å². The summed E-state index contributed by atoms with van der Waals surface area (Å²) in [6.07, 6.45) is 2.11. The van der Waals surface area contributed by atoms with Crippen LogP contribution in [0.15, 0.2) is 23.1 Å². The molecule has 0 aliphatic rings. The van der Waals surface area contributed by atoms with Gasteiger partial charge >= 0.3 is 0 Å². The third-order valence-electron chi connectivity index (χ3n) is 2.97. The number of rotatable bonds is 4. The number of imidazole rings is 1. The molecule has 0 radical (unpaired) electrons. The monoisotopic (exact) mass is 267 g/mol. The number of aryl methyl sites for hydroxylation is 2. The van der Waals surface area contributed by atoms with Gasteiger partial charge in [0.15, 0.2) is 0 Å². The van der Waals surface area contributed by atoms with Gasteiger partial charge < -0.3 is 4.57 Å². The molecule has 2 aromatic rings. The van der Waals surface area contributed by atoms with E-state index in [0.717, 1.165) is 36.2 Å². The lowest BCUT2D eigenvalue weighted by Gasteiger charge is -2.06. The lowest BCUT2D eigenvalue weighted by atomic mass is 10.3. The minimum atomic E-state index is -3.66. The van der Waals surface area contributed by atoms with E-state index in [2.05, 4.69) is 11.9 Å². The average molecular weight is 267 g/mol. The number of sulfonamides is 1. The Labute approximate surface area is 107 Å². The molecule has 5 nitrogen and oxygen atoms in total. The van der Waals surface area contributed by atoms with Crippen LogP contribution in [0, 0.1) is 6.92 Å². The van der Waals surface area contributed by atoms with Gasteiger partial charge in [0, 0.05) is 6.54 Å². The van der Waals surface area contributed by atoms with E-state index in [1.165, 1.54) is 6.07 Å². The maximum Gasteiger partial charge on any atom is 0.238 e. The fraction of sp³-hybridized carbons (Fsp3) is 0.417. The molecule has 6 heteroatoms. The van der Waals surface area contributed by atoms with E-state index in [-0.39, 0.29) is 4.90 Å². The second-order valence-corrected chi connectivity index (χ2v) is 5.92. The second kappa shape index (κ2) is 4.70. The van der Waals surface area contributed by atoms with Crippen LogP contribution in [-0.2, 0) is 16.6 Å². The highest BCUT2D eigenvalue weighted by Crippen LogP contribution is 2.20. The molecule has 0 amide bonds. The van der Waals surface area contributed by atoms with Crippen LogP contribution < -0.4 is 5.14 Å². The van der Waals surface area contributed by atoms with E-state index in [1.54, 1.807) is 12.1 Å². The van der Waals surface area contributed by atoms with Crippen molar-refractivity contribution < 1.29 is 8.42 Å². The Hall–Kier alpha value is -1.40. The molecule has 0 atom stereocenters. The number of aromatic nitrogens is 2. The van der Waals surface area contributed by atoms with Gasteiger partial charge in [-0.15, -0.1) is 0 Å². The number of fused-ring (bicyclic) bond motifs is 1. The smallest absolute Gasteiger partial charge is 0.238 e. The molecule has 98 valence electrons. The summed E-state index contributed by atoms with van der Waals surface area (Å²) in [4.78, 5) is 4.55. The van der Waals surface area contributed by atoms with Gasteiger partial charge in [0.2, 0.25) is 10.0 Å². The van der Waals surface area contributed by atoms with Crippen LogP contribution in [0.5, 0.6) is 0 Å². The number of benzene rings is 1. The number of primary sulfonamides is 1. The van der Waals surface area contributed by atoms with E-state index >= 15 is 0 Å². The molecule has 18 heavy (non-hydrogen) atoms. The predicted molar refractivity (Wildman–Crippen MR) is 70.8 cm³/mol. The third-order valence-corrected chi connectivity index (χ3v) is 3.89. The fourth-order valence-electron chi connectivity index (χ4n) is 2.00. The summed E-state index contributed by atoms with van der Waals surface area (Å²) < 4.78 is 24.7. The van der Waals surface area contributed by atoms with Gasteiger partial charge in [-0.05, 0) is 31.5 Å². The standard InChI is InChI=1S/C12H17N3O2S/c1-3-4-7-15-9(2)14-11-6-5-10(8-12(11)15)18(13,16)17/h5-6,8H,3-4,7H2,1-2H3,(H2,13,16,17). The molecule has 0 spiro atoms. The Morgan fingerprint density at radius 1 is 1.39 bits per heavy atom. The first kappa shape index (κ1) is 13.0. The number of nitrogens with two attached hydrogens (primary N) is 1. The first-order valence-corrected chi connectivity index (χ1v) is 7.48. The van der Waals surface area contributed by atoms with Gasteiger partial charge in [-0.3, -0.25) is 0 Å². The molecular formula is C12H17N3O2S. The van der Waals surface area contributed by atoms with Crippen LogP contribution >= 0.6 is 0 Å². The van der Waals surface area contributed by atoms with Crippen molar-refractivity contribution in [3.05, 3.63) is 24.0 Å². The summed E-state index contributed by atoms with van der Waals surface area (Å²) in [5.74, 6) is 0.894. The van der Waals surface area contributed by atoms with Crippen molar-refractivity contribution in [2.24, 2.45) is 5.14 Å². The molecule has 0 saturated heterocycles. The molecule has 2 rings (SSSR count). The predicted octanol–water partition coefficient (Wildman–Crippen LogP) is 1.79. The average Bonchev–Trinajstić information content (AvgIpc) is 2.60. The van der Waals surface area contributed by atoms with Crippen molar-refractivity contribution in [1.82, 2.24) is 9.55 Å². The lowest BCUT2D eigenvalue weighted by molar-refractivity contribution is 0.597. The summed E-state index contributed by atoms with van der Waals surface area (Å²) >= 11 is 0.